The lowest BCUT2D eigenvalue weighted by Gasteiger charge is -2.26. The molecule has 30 heavy (non-hydrogen) atoms. The molecule has 0 saturated carbocycles. The normalized spacial score (nSPS) is 18.2. The van der Waals surface area contributed by atoms with E-state index >= 15 is 0 Å². The van der Waals surface area contributed by atoms with E-state index in [9.17, 15) is 9.59 Å². The summed E-state index contributed by atoms with van der Waals surface area (Å²) in [7, 11) is 0. The van der Waals surface area contributed by atoms with Gasteiger partial charge in [0.05, 0.1) is 11.1 Å². The van der Waals surface area contributed by atoms with Crippen molar-refractivity contribution in [1.82, 2.24) is 4.98 Å². The lowest BCUT2D eigenvalue weighted by Crippen LogP contribution is -2.43. The molecule has 2 atom stereocenters. The molecule has 5 nitrogen and oxygen atoms in total. The first-order chi connectivity index (χ1) is 14.5. The molecule has 5 heteroatoms. The highest BCUT2D eigenvalue weighted by Gasteiger charge is 2.35. The second-order valence-corrected chi connectivity index (χ2v) is 8.22. The van der Waals surface area contributed by atoms with Crippen LogP contribution in [-0.2, 0) is 28.8 Å². The molecular formula is C25H24N2O3. The van der Waals surface area contributed by atoms with Crippen LogP contribution in [0.1, 0.15) is 47.4 Å². The summed E-state index contributed by atoms with van der Waals surface area (Å²) in [6.07, 6.45) is 2.61. The van der Waals surface area contributed by atoms with Crippen molar-refractivity contribution >= 4 is 28.5 Å². The Bertz CT molecular complexity index is 1170. The molecule has 1 aliphatic carbocycles. The lowest BCUT2D eigenvalue weighted by molar-refractivity contribution is -0.126. The molecule has 0 fully saturated rings. The summed E-state index contributed by atoms with van der Waals surface area (Å²) in [5.74, 6) is -0.622. The van der Waals surface area contributed by atoms with E-state index in [2.05, 4.69) is 0 Å². The van der Waals surface area contributed by atoms with Gasteiger partial charge in [-0.15, -0.1) is 0 Å². The molecule has 0 unspecified atom stereocenters. The van der Waals surface area contributed by atoms with E-state index < -0.39 is 12.1 Å². The minimum Gasteiger partial charge on any atom is -0.449 e. The van der Waals surface area contributed by atoms with Crippen LogP contribution in [0.2, 0.25) is 0 Å². The van der Waals surface area contributed by atoms with E-state index in [1.165, 1.54) is 0 Å². The van der Waals surface area contributed by atoms with Gasteiger partial charge in [0, 0.05) is 22.8 Å². The molecule has 152 valence electrons. The Kier molecular flexibility index (Phi) is 4.54. The average molecular weight is 400 g/mol. The minimum absolute atomic E-state index is 0.0436. The Morgan fingerprint density at radius 3 is 2.73 bits per heavy atom. The standard InChI is InChI=1S/C25H24N2O3/c1-15-14-17-8-3-6-13-22(17)27(15)24(28)16(2)30-25(29)23-18-9-4-5-11-20(18)26-21-12-7-10-19(21)23/h3-6,8-9,11,13,15-16H,7,10,12,14H2,1-2H3/t15-,16+/m0/s1. The SMILES string of the molecule is C[C@@H](OC(=O)c1c2c(nc3ccccc13)CCC2)C(=O)N1c2ccccc2C[C@@H]1C. The average Bonchev–Trinajstić information content (AvgIpc) is 3.34. The molecule has 0 bridgehead atoms. The van der Waals surface area contributed by atoms with Crippen LogP contribution in [0, 0.1) is 0 Å². The predicted octanol–water partition coefficient (Wildman–Crippen LogP) is 4.25. The number of aromatic nitrogens is 1. The summed E-state index contributed by atoms with van der Waals surface area (Å²) >= 11 is 0. The van der Waals surface area contributed by atoms with Crippen LogP contribution in [0.5, 0.6) is 0 Å². The number of anilines is 1. The molecule has 2 aliphatic rings. The second-order valence-electron chi connectivity index (χ2n) is 8.22. The van der Waals surface area contributed by atoms with Crippen LogP contribution in [0.3, 0.4) is 0 Å². The van der Waals surface area contributed by atoms with Gasteiger partial charge in [-0.3, -0.25) is 9.78 Å². The van der Waals surface area contributed by atoms with E-state index in [1.807, 2.05) is 55.5 Å². The highest BCUT2D eigenvalue weighted by atomic mass is 16.5. The molecule has 0 N–H and O–H groups in total. The lowest BCUT2D eigenvalue weighted by atomic mass is 10.0. The Morgan fingerprint density at radius 2 is 1.87 bits per heavy atom. The number of benzene rings is 2. The topological polar surface area (TPSA) is 59.5 Å². The molecule has 2 aromatic carbocycles. The van der Waals surface area contributed by atoms with Gasteiger partial charge < -0.3 is 9.64 Å². The fraction of sp³-hybridized carbons (Fsp3) is 0.320. The van der Waals surface area contributed by atoms with E-state index in [0.717, 1.165) is 59.1 Å². The molecule has 2 heterocycles. The highest BCUT2D eigenvalue weighted by Crippen LogP contribution is 2.33. The van der Waals surface area contributed by atoms with Crippen LogP contribution >= 0.6 is 0 Å². The molecule has 1 amide bonds. The summed E-state index contributed by atoms with van der Waals surface area (Å²) in [6.45, 7) is 3.69. The third-order valence-electron chi connectivity index (χ3n) is 6.20. The van der Waals surface area contributed by atoms with Gasteiger partial charge in [0.15, 0.2) is 6.10 Å². The van der Waals surface area contributed by atoms with Gasteiger partial charge in [-0.25, -0.2) is 4.79 Å². The molecule has 1 aliphatic heterocycles. The van der Waals surface area contributed by atoms with Gasteiger partial charge in [0.2, 0.25) is 0 Å². The number of hydrogen-bond donors (Lipinski definition) is 0. The number of carbonyl (C=O) groups is 2. The van der Waals surface area contributed by atoms with Crippen molar-refractivity contribution in [2.24, 2.45) is 0 Å². The van der Waals surface area contributed by atoms with E-state index in [-0.39, 0.29) is 11.9 Å². The maximum absolute atomic E-state index is 13.3. The molecule has 0 spiro atoms. The third kappa shape index (κ3) is 2.96. The number of esters is 1. The van der Waals surface area contributed by atoms with Crippen LogP contribution in [0.15, 0.2) is 48.5 Å². The maximum atomic E-state index is 13.3. The fourth-order valence-electron chi connectivity index (χ4n) is 4.81. The van der Waals surface area contributed by atoms with Gasteiger partial charge in [0.25, 0.3) is 5.91 Å². The van der Waals surface area contributed by atoms with Gasteiger partial charge >= 0.3 is 5.97 Å². The van der Waals surface area contributed by atoms with Crippen LogP contribution in [-0.4, -0.2) is 29.0 Å². The van der Waals surface area contributed by atoms with Crippen molar-refractivity contribution in [3.05, 3.63) is 70.9 Å². The van der Waals surface area contributed by atoms with Crippen molar-refractivity contribution in [1.29, 1.82) is 0 Å². The zero-order valence-electron chi connectivity index (χ0n) is 17.2. The number of rotatable bonds is 3. The van der Waals surface area contributed by atoms with Crippen molar-refractivity contribution in [2.45, 2.75) is 51.7 Å². The summed E-state index contributed by atoms with van der Waals surface area (Å²) < 4.78 is 5.75. The predicted molar refractivity (Wildman–Crippen MR) is 116 cm³/mol. The summed E-state index contributed by atoms with van der Waals surface area (Å²) in [6, 6.07) is 15.6. The number of pyridine rings is 1. The van der Waals surface area contributed by atoms with Crippen molar-refractivity contribution in [3.8, 4) is 0 Å². The monoisotopic (exact) mass is 400 g/mol. The number of aryl methyl sites for hydroxylation is 1. The first-order valence-electron chi connectivity index (χ1n) is 10.6. The van der Waals surface area contributed by atoms with Crippen LogP contribution in [0.4, 0.5) is 5.69 Å². The first-order valence-corrected chi connectivity index (χ1v) is 10.6. The fourth-order valence-corrected chi connectivity index (χ4v) is 4.81. The van der Waals surface area contributed by atoms with Gasteiger partial charge in [-0.2, -0.15) is 0 Å². The minimum atomic E-state index is -0.866. The Hall–Kier alpha value is -3.21. The number of hydrogen-bond acceptors (Lipinski definition) is 4. The Morgan fingerprint density at radius 1 is 1.10 bits per heavy atom. The quantitative estimate of drug-likeness (QED) is 0.617. The van der Waals surface area contributed by atoms with Crippen LogP contribution < -0.4 is 4.90 Å². The van der Waals surface area contributed by atoms with Gasteiger partial charge in [-0.1, -0.05) is 36.4 Å². The largest absolute Gasteiger partial charge is 0.449 e. The summed E-state index contributed by atoms with van der Waals surface area (Å²) in [5.41, 5.74) is 5.37. The van der Waals surface area contributed by atoms with Crippen LogP contribution in [0.25, 0.3) is 10.9 Å². The summed E-state index contributed by atoms with van der Waals surface area (Å²) in [4.78, 5) is 33.0. The Balaban J connectivity index is 1.45. The molecular weight excluding hydrogens is 376 g/mol. The van der Waals surface area contributed by atoms with Gasteiger partial charge in [-0.05, 0) is 62.8 Å². The van der Waals surface area contributed by atoms with Crippen molar-refractivity contribution in [2.75, 3.05) is 4.90 Å². The number of nitrogens with zero attached hydrogens (tertiary/aromatic N) is 2. The zero-order valence-corrected chi connectivity index (χ0v) is 17.2. The third-order valence-corrected chi connectivity index (χ3v) is 6.20. The van der Waals surface area contributed by atoms with Crippen molar-refractivity contribution in [3.63, 3.8) is 0 Å². The highest BCUT2D eigenvalue weighted by molar-refractivity contribution is 6.07. The zero-order chi connectivity index (χ0) is 20.8. The molecule has 1 aromatic heterocycles. The Labute approximate surface area is 175 Å². The number of carbonyl (C=O) groups excluding carboxylic acids is 2. The smallest absolute Gasteiger partial charge is 0.339 e. The summed E-state index contributed by atoms with van der Waals surface area (Å²) in [5, 5.41) is 0.794. The molecule has 0 radical (unpaired) electrons. The number of fused-ring (bicyclic) bond motifs is 3. The number of ether oxygens (including phenoxy) is 1. The molecule has 0 saturated heterocycles. The maximum Gasteiger partial charge on any atom is 0.339 e. The number of para-hydroxylation sites is 2. The van der Waals surface area contributed by atoms with Gasteiger partial charge in [0.1, 0.15) is 0 Å². The molecule has 5 rings (SSSR count). The molecule has 3 aromatic rings. The van der Waals surface area contributed by atoms with E-state index in [1.54, 1.807) is 11.8 Å². The van der Waals surface area contributed by atoms with E-state index in [4.69, 9.17) is 9.72 Å². The second kappa shape index (κ2) is 7.24. The van der Waals surface area contributed by atoms with E-state index in [0.29, 0.717) is 5.56 Å². The first kappa shape index (κ1) is 18.8. The van der Waals surface area contributed by atoms with Crippen molar-refractivity contribution < 1.29 is 14.3 Å². The number of amides is 1.